The first-order valence-electron chi connectivity index (χ1n) is 11.7. The summed E-state index contributed by atoms with van der Waals surface area (Å²) in [4.78, 5) is 43.8. The number of primary amides is 1. The number of nitrogens with zero attached hydrogens (tertiary/aromatic N) is 2. The van der Waals surface area contributed by atoms with Gasteiger partial charge in [-0.25, -0.2) is 4.98 Å². The Morgan fingerprint density at radius 1 is 1.00 bits per heavy atom. The molecule has 1 aromatic heterocycles. The fourth-order valence-corrected chi connectivity index (χ4v) is 4.06. The number of methoxy groups -OCH3 is 1. The molecule has 0 bridgehead atoms. The molecule has 2 amide bonds. The van der Waals surface area contributed by atoms with Crippen molar-refractivity contribution in [2.45, 2.75) is 18.9 Å². The second-order valence-electron chi connectivity index (χ2n) is 8.48. The van der Waals surface area contributed by atoms with Crippen molar-refractivity contribution < 1.29 is 23.9 Å². The van der Waals surface area contributed by atoms with E-state index in [4.69, 9.17) is 15.2 Å². The molecule has 9 heteroatoms. The van der Waals surface area contributed by atoms with Crippen LogP contribution in [0.1, 0.15) is 34.9 Å². The molecule has 186 valence electrons. The van der Waals surface area contributed by atoms with E-state index < -0.39 is 23.9 Å². The number of carbonyl (C=O) groups is 3. The molecular weight excluding hydrogens is 460 g/mol. The first kappa shape index (κ1) is 24.7. The highest BCUT2D eigenvalue weighted by Crippen LogP contribution is 2.27. The molecule has 1 atom stereocenters. The number of anilines is 2. The summed E-state index contributed by atoms with van der Waals surface area (Å²) in [5, 5.41) is 2.82. The summed E-state index contributed by atoms with van der Waals surface area (Å²) in [6.07, 6.45) is 1.48. The third kappa shape index (κ3) is 5.99. The van der Waals surface area contributed by atoms with E-state index in [1.807, 2.05) is 11.0 Å². The van der Waals surface area contributed by atoms with Gasteiger partial charge < -0.3 is 25.4 Å². The van der Waals surface area contributed by atoms with Crippen LogP contribution in [-0.4, -0.2) is 43.0 Å². The molecule has 3 aromatic rings. The smallest absolute Gasteiger partial charge is 0.310 e. The fourth-order valence-electron chi connectivity index (χ4n) is 4.06. The Hall–Kier alpha value is -4.40. The Morgan fingerprint density at radius 3 is 2.28 bits per heavy atom. The molecule has 0 unspecified atom stereocenters. The highest BCUT2D eigenvalue weighted by Gasteiger charge is 2.32. The van der Waals surface area contributed by atoms with Gasteiger partial charge >= 0.3 is 5.97 Å². The number of esters is 1. The van der Waals surface area contributed by atoms with Gasteiger partial charge in [-0.15, -0.1) is 0 Å². The van der Waals surface area contributed by atoms with Crippen LogP contribution < -0.4 is 20.7 Å². The molecule has 9 nitrogen and oxygen atoms in total. The molecule has 0 saturated carbocycles. The topological polar surface area (TPSA) is 124 Å². The average molecular weight is 489 g/mol. The number of rotatable bonds is 8. The van der Waals surface area contributed by atoms with Gasteiger partial charge in [-0.2, -0.15) is 0 Å². The van der Waals surface area contributed by atoms with E-state index in [0.717, 1.165) is 0 Å². The Morgan fingerprint density at radius 2 is 1.69 bits per heavy atom. The first-order chi connectivity index (χ1) is 17.4. The predicted molar refractivity (Wildman–Crippen MR) is 135 cm³/mol. The van der Waals surface area contributed by atoms with Crippen molar-refractivity contribution in [3.05, 3.63) is 84.1 Å². The maximum Gasteiger partial charge on any atom is 0.310 e. The van der Waals surface area contributed by atoms with Crippen LogP contribution in [-0.2, 0) is 14.3 Å². The lowest BCUT2D eigenvalue weighted by Crippen LogP contribution is -2.38. The standard InChI is InChI=1S/C27H28N4O5/c1-35-22-10-8-21(9-11-22)30-26(33)24(18-5-3-2-4-6-18)36-27(34)19-13-15-31(16-14-19)23-12-7-20(17-29-23)25(28)32/h2-12,17,19,24H,13-16H2,1H3,(H2,28,32)(H,30,33)/t24-/m0/s1. The number of aromatic nitrogens is 1. The van der Waals surface area contributed by atoms with Crippen molar-refractivity contribution in [1.29, 1.82) is 0 Å². The number of nitrogens with one attached hydrogen (secondary N) is 1. The van der Waals surface area contributed by atoms with E-state index in [0.29, 0.717) is 54.3 Å². The number of amides is 2. The number of pyridine rings is 1. The second-order valence-corrected chi connectivity index (χ2v) is 8.48. The molecule has 2 heterocycles. The molecule has 1 aliphatic heterocycles. The minimum Gasteiger partial charge on any atom is -0.497 e. The Bertz CT molecular complexity index is 1190. The Balaban J connectivity index is 1.40. The van der Waals surface area contributed by atoms with Crippen molar-refractivity contribution >= 4 is 29.3 Å². The zero-order valence-electron chi connectivity index (χ0n) is 19.9. The molecule has 4 rings (SSSR count). The molecule has 36 heavy (non-hydrogen) atoms. The number of nitrogens with two attached hydrogens (primary N) is 1. The minimum absolute atomic E-state index is 0.342. The molecule has 0 radical (unpaired) electrons. The van der Waals surface area contributed by atoms with Crippen LogP contribution >= 0.6 is 0 Å². The average Bonchev–Trinajstić information content (AvgIpc) is 2.92. The van der Waals surface area contributed by atoms with E-state index in [2.05, 4.69) is 10.3 Å². The molecule has 1 aliphatic rings. The number of hydrogen-bond acceptors (Lipinski definition) is 7. The maximum atomic E-state index is 13.1. The molecule has 0 spiro atoms. The SMILES string of the molecule is COc1ccc(NC(=O)[C@@H](OC(=O)C2CCN(c3ccc(C(N)=O)cn3)CC2)c2ccccc2)cc1. The lowest BCUT2D eigenvalue weighted by atomic mass is 9.96. The molecule has 0 aliphatic carbocycles. The normalized spacial score (nSPS) is 14.5. The van der Waals surface area contributed by atoms with Crippen LogP contribution in [0.2, 0.25) is 0 Å². The number of carbonyl (C=O) groups excluding carboxylic acids is 3. The summed E-state index contributed by atoms with van der Waals surface area (Å²) in [6.45, 7) is 1.19. The van der Waals surface area contributed by atoms with E-state index in [-0.39, 0.29) is 5.92 Å². The van der Waals surface area contributed by atoms with Gasteiger partial charge in [0.2, 0.25) is 12.0 Å². The summed E-state index contributed by atoms with van der Waals surface area (Å²) in [7, 11) is 1.57. The largest absolute Gasteiger partial charge is 0.497 e. The van der Waals surface area contributed by atoms with Gasteiger partial charge in [-0.3, -0.25) is 14.4 Å². The van der Waals surface area contributed by atoms with Gasteiger partial charge in [0.1, 0.15) is 11.6 Å². The minimum atomic E-state index is -1.08. The molecular formula is C27H28N4O5. The number of ether oxygens (including phenoxy) is 2. The third-order valence-electron chi connectivity index (χ3n) is 6.12. The van der Waals surface area contributed by atoms with Crippen LogP contribution in [0, 0.1) is 5.92 Å². The van der Waals surface area contributed by atoms with Gasteiger partial charge in [0.15, 0.2) is 0 Å². The maximum absolute atomic E-state index is 13.1. The van der Waals surface area contributed by atoms with Crippen molar-refractivity contribution in [3.63, 3.8) is 0 Å². The van der Waals surface area contributed by atoms with E-state index >= 15 is 0 Å². The van der Waals surface area contributed by atoms with Crippen molar-refractivity contribution in [2.75, 3.05) is 30.4 Å². The third-order valence-corrected chi connectivity index (χ3v) is 6.12. The quantitative estimate of drug-likeness (QED) is 0.466. The number of piperidine rings is 1. The molecule has 3 N–H and O–H groups in total. The van der Waals surface area contributed by atoms with E-state index in [1.165, 1.54) is 6.20 Å². The Labute approximate surface area is 209 Å². The summed E-state index contributed by atoms with van der Waals surface area (Å²) >= 11 is 0. The zero-order valence-corrected chi connectivity index (χ0v) is 19.9. The molecule has 1 fully saturated rings. The monoisotopic (exact) mass is 488 g/mol. The lowest BCUT2D eigenvalue weighted by molar-refractivity contribution is -0.159. The van der Waals surface area contributed by atoms with Gasteiger partial charge in [-0.05, 0) is 49.2 Å². The number of benzene rings is 2. The van der Waals surface area contributed by atoms with Gasteiger partial charge in [0.05, 0.1) is 18.6 Å². The van der Waals surface area contributed by atoms with Gasteiger partial charge in [-0.1, -0.05) is 30.3 Å². The van der Waals surface area contributed by atoms with Crippen LogP contribution in [0.25, 0.3) is 0 Å². The second kappa shape index (κ2) is 11.4. The van der Waals surface area contributed by atoms with E-state index in [9.17, 15) is 14.4 Å². The molecule has 1 saturated heterocycles. The first-order valence-corrected chi connectivity index (χ1v) is 11.7. The van der Waals surface area contributed by atoms with Crippen LogP contribution in [0.15, 0.2) is 72.9 Å². The highest BCUT2D eigenvalue weighted by atomic mass is 16.5. The summed E-state index contributed by atoms with van der Waals surface area (Å²) in [6, 6.07) is 19.3. The van der Waals surface area contributed by atoms with Crippen molar-refractivity contribution in [2.24, 2.45) is 11.7 Å². The zero-order chi connectivity index (χ0) is 25.5. The fraction of sp³-hybridized carbons (Fsp3) is 0.259. The van der Waals surface area contributed by atoms with Crippen molar-refractivity contribution in [1.82, 2.24) is 4.98 Å². The summed E-state index contributed by atoms with van der Waals surface area (Å²) in [5.74, 6) is -0.329. The van der Waals surface area contributed by atoms with Crippen LogP contribution in [0.5, 0.6) is 5.75 Å². The van der Waals surface area contributed by atoms with Gasteiger partial charge in [0, 0.05) is 30.5 Å². The van der Waals surface area contributed by atoms with Crippen molar-refractivity contribution in [3.8, 4) is 5.75 Å². The van der Waals surface area contributed by atoms with Crippen LogP contribution in [0.3, 0.4) is 0 Å². The van der Waals surface area contributed by atoms with Crippen LogP contribution in [0.4, 0.5) is 11.5 Å². The highest BCUT2D eigenvalue weighted by molar-refractivity contribution is 5.96. The van der Waals surface area contributed by atoms with E-state index in [1.54, 1.807) is 67.8 Å². The lowest BCUT2D eigenvalue weighted by Gasteiger charge is -2.32. The summed E-state index contributed by atoms with van der Waals surface area (Å²) < 4.78 is 10.9. The Kier molecular flexibility index (Phi) is 7.79. The van der Waals surface area contributed by atoms with Gasteiger partial charge in [0.25, 0.3) is 5.91 Å². The predicted octanol–water partition coefficient (Wildman–Crippen LogP) is 3.33. The number of hydrogen-bond donors (Lipinski definition) is 2. The summed E-state index contributed by atoms with van der Waals surface area (Å²) in [5.41, 5.74) is 6.78. The molecule has 2 aromatic carbocycles.